The standard InChI is InChI=1S/C32H39ClFN3O4.C2H2/c1-4-30(38)23-9-8-22(2)29(18-23)37(16-17-40-3)15-14-36-13-12-26(31(39)20-36)28-6-5-7-32(35-28)41-21-24-10-11-25(33)19-27(24)34;1-2/h5-11,18-19,26,31,39H,4,12-17,20-21H2,1-3H3;1-2H/t26-,31-;/m1./s1. The summed E-state index contributed by atoms with van der Waals surface area (Å²) in [7, 11) is 1.69. The van der Waals surface area contributed by atoms with E-state index in [2.05, 4.69) is 34.6 Å². The Morgan fingerprint density at radius 3 is 2.67 bits per heavy atom. The number of hydrogen-bond donors (Lipinski definition) is 1. The summed E-state index contributed by atoms with van der Waals surface area (Å²) in [6.45, 7) is 8.10. The second-order valence-corrected chi connectivity index (χ2v) is 10.9. The number of likely N-dealkylation sites (tertiary alicyclic amines) is 1. The molecule has 1 aliphatic rings. The van der Waals surface area contributed by atoms with Crippen LogP contribution in [-0.2, 0) is 11.3 Å². The average molecular weight is 610 g/mol. The number of piperidine rings is 1. The van der Waals surface area contributed by atoms with Crippen LogP contribution in [0, 0.1) is 25.6 Å². The fraction of sp³-hybridized carbons (Fsp3) is 0.412. The lowest BCUT2D eigenvalue weighted by atomic mass is 9.90. The van der Waals surface area contributed by atoms with E-state index < -0.39 is 11.9 Å². The van der Waals surface area contributed by atoms with Crippen molar-refractivity contribution in [3.05, 3.63) is 87.8 Å². The lowest BCUT2D eigenvalue weighted by molar-refractivity contribution is 0.0509. The van der Waals surface area contributed by atoms with Gasteiger partial charge in [-0.15, -0.1) is 12.8 Å². The van der Waals surface area contributed by atoms with Gasteiger partial charge in [-0.25, -0.2) is 9.37 Å². The first-order chi connectivity index (χ1) is 20.8. The summed E-state index contributed by atoms with van der Waals surface area (Å²) in [6.07, 6.45) is 8.64. The molecule has 3 aromatic rings. The first-order valence-electron chi connectivity index (χ1n) is 14.4. The molecule has 2 atom stereocenters. The quantitative estimate of drug-likeness (QED) is 0.191. The lowest BCUT2D eigenvalue weighted by Gasteiger charge is -2.37. The van der Waals surface area contributed by atoms with Gasteiger partial charge in [0.25, 0.3) is 0 Å². The molecule has 43 heavy (non-hydrogen) atoms. The Kier molecular flexibility index (Phi) is 13.4. The van der Waals surface area contributed by atoms with Gasteiger partial charge in [0.15, 0.2) is 5.78 Å². The second kappa shape index (κ2) is 17.0. The molecule has 1 aromatic heterocycles. The van der Waals surface area contributed by atoms with Crippen LogP contribution in [0.2, 0.25) is 5.02 Å². The number of pyridine rings is 1. The van der Waals surface area contributed by atoms with E-state index in [-0.39, 0.29) is 18.3 Å². The fourth-order valence-electron chi connectivity index (χ4n) is 5.20. The molecule has 0 aliphatic carbocycles. The number of aliphatic hydroxyl groups excluding tert-OH is 1. The number of methoxy groups -OCH3 is 1. The highest BCUT2D eigenvalue weighted by Crippen LogP contribution is 2.29. The number of hydrogen-bond acceptors (Lipinski definition) is 7. The number of ether oxygens (including phenoxy) is 2. The maximum absolute atomic E-state index is 14.1. The van der Waals surface area contributed by atoms with Crippen molar-refractivity contribution < 1.29 is 23.8 Å². The van der Waals surface area contributed by atoms with Crippen molar-refractivity contribution in [1.82, 2.24) is 9.88 Å². The monoisotopic (exact) mass is 609 g/mol. The van der Waals surface area contributed by atoms with Gasteiger partial charge in [0.1, 0.15) is 12.4 Å². The van der Waals surface area contributed by atoms with Crippen LogP contribution < -0.4 is 9.64 Å². The molecule has 4 rings (SSSR count). The Hall–Kier alpha value is -3.48. The molecule has 1 fully saturated rings. The van der Waals surface area contributed by atoms with E-state index in [0.717, 1.165) is 48.6 Å². The molecule has 7 nitrogen and oxygen atoms in total. The van der Waals surface area contributed by atoms with E-state index in [1.807, 2.05) is 37.3 Å². The summed E-state index contributed by atoms with van der Waals surface area (Å²) < 4.78 is 25.2. The number of terminal acetylenes is 1. The Morgan fingerprint density at radius 1 is 1.19 bits per heavy atom. The number of Topliss-reactive ketones (excluding diaryl/α,β-unsaturated/α-hetero) is 1. The summed E-state index contributed by atoms with van der Waals surface area (Å²) in [5.74, 6) is -0.0250. The van der Waals surface area contributed by atoms with Gasteiger partial charge in [0.2, 0.25) is 5.88 Å². The smallest absolute Gasteiger partial charge is 0.213 e. The van der Waals surface area contributed by atoms with Crippen molar-refractivity contribution in [2.24, 2.45) is 0 Å². The molecular weight excluding hydrogens is 569 g/mol. The normalized spacial score (nSPS) is 16.7. The van der Waals surface area contributed by atoms with E-state index in [4.69, 9.17) is 21.1 Å². The lowest BCUT2D eigenvalue weighted by Crippen LogP contribution is -2.46. The van der Waals surface area contributed by atoms with Crippen LogP contribution in [0.5, 0.6) is 5.88 Å². The van der Waals surface area contributed by atoms with Gasteiger partial charge in [-0.2, -0.15) is 0 Å². The minimum Gasteiger partial charge on any atom is -0.473 e. The number of halogens is 2. The number of benzene rings is 2. The van der Waals surface area contributed by atoms with E-state index in [0.29, 0.717) is 42.6 Å². The third-order valence-corrected chi connectivity index (χ3v) is 7.86. The van der Waals surface area contributed by atoms with Crippen LogP contribution >= 0.6 is 11.6 Å². The predicted molar refractivity (Wildman–Crippen MR) is 170 cm³/mol. The number of aryl methyl sites for hydroxylation is 1. The molecule has 0 spiro atoms. The number of β-amino-alcohol motifs (C(OH)–C–C–N with tert-alkyl or cyclic N) is 1. The number of aromatic nitrogens is 1. The zero-order valence-electron chi connectivity index (χ0n) is 25.1. The van der Waals surface area contributed by atoms with E-state index in [1.54, 1.807) is 25.3 Å². The van der Waals surface area contributed by atoms with Gasteiger partial charge >= 0.3 is 0 Å². The van der Waals surface area contributed by atoms with Gasteiger partial charge in [-0.05, 0) is 49.7 Å². The summed E-state index contributed by atoms with van der Waals surface area (Å²) in [5, 5.41) is 11.4. The third-order valence-electron chi connectivity index (χ3n) is 7.63. The summed E-state index contributed by atoms with van der Waals surface area (Å²) in [6, 6.07) is 15.9. The molecule has 2 aromatic carbocycles. The average Bonchev–Trinajstić information content (AvgIpc) is 3.02. The molecule has 9 heteroatoms. The highest BCUT2D eigenvalue weighted by atomic mass is 35.5. The van der Waals surface area contributed by atoms with Crippen LogP contribution in [0.25, 0.3) is 0 Å². The van der Waals surface area contributed by atoms with Gasteiger partial charge in [0.05, 0.1) is 18.4 Å². The maximum atomic E-state index is 14.1. The molecular formula is C34H41ClFN3O4. The molecule has 0 bridgehead atoms. The molecule has 0 saturated carbocycles. The minimum absolute atomic E-state index is 0.0367. The molecule has 0 radical (unpaired) electrons. The number of carbonyl (C=O) groups excluding carboxylic acids is 1. The van der Waals surface area contributed by atoms with Crippen LogP contribution in [0.4, 0.5) is 10.1 Å². The van der Waals surface area contributed by atoms with Crippen molar-refractivity contribution in [3.63, 3.8) is 0 Å². The number of anilines is 1. The van der Waals surface area contributed by atoms with Crippen LogP contribution in [0.1, 0.15) is 52.9 Å². The van der Waals surface area contributed by atoms with Crippen molar-refractivity contribution in [2.45, 2.75) is 45.3 Å². The first-order valence-corrected chi connectivity index (χ1v) is 14.8. The molecule has 2 heterocycles. The number of ketones is 1. The molecule has 0 unspecified atom stereocenters. The van der Waals surface area contributed by atoms with Crippen molar-refractivity contribution >= 4 is 23.1 Å². The minimum atomic E-state index is -0.583. The SMILES string of the molecule is C#C.CCC(=O)c1ccc(C)c(N(CCOC)CCN2CC[C@H](c3cccc(OCc4ccc(Cl)cc4F)n3)[C@H](O)C2)c1. The Balaban J connectivity index is 0.00000248. The number of rotatable bonds is 13. The molecule has 1 N–H and O–H groups in total. The highest BCUT2D eigenvalue weighted by molar-refractivity contribution is 6.30. The van der Waals surface area contributed by atoms with Gasteiger partial charge in [-0.3, -0.25) is 9.69 Å². The fourth-order valence-corrected chi connectivity index (χ4v) is 5.36. The summed E-state index contributed by atoms with van der Waals surface area (Å²) >= 11 is 5.84. The number of carbonyl (C=O) groups is 1. The topological polar surface area (TPSA) is 75.1 Å². The van der Waals surface area contributed by atoms with Crippen molar-refractivity contribution in [2.75, 3.05) is 51.3 Å². The first kappa shape index (κ1) is 34.0. The van der Waals surface area contributed by atoms with Crippen molar-refractivity contribution in [3.8, 4) is 18.7 Å². The Bertz CT molecular complexity index is 1370. The Morgan fingerprint density at radius 2 is 1.98 bits per heavy atom. The largest absolute Gasteiger partial charge is 0.473 e. The predicted octanol–water partition coefficient (Wildman–Crippen LogP) is 5.91. The third kappa shape index (κ3) is 9.50. The Labute approximate surface area is 259 Å². The molecule has 230 valence electrons. The second-order valence-electron chi connectivity index (χ2n) is 10.4. The zero-order chi connectivity index (χ0) is 31.4. The number of aliphatic hydroxyl groups is 1. The van der Waals surface area contributed by atoms with Crippen molar-refractivity contribution in [1.29, 1.82) is 0 Å². The van der Waals surface area contributed by atoms with Crippen LogP contribution in [0.3, 0.4) is 0 Å². The van der Waals surface area contributed by atoms with Gasteiger partial charge in [-0.1, -0.05) is 42.8 Å². The molecule has 1 saturated heterocycles. The van der Waals surface area contributed by atoms with Crippen LogP contribution in [-0.4, -0.2) is 73.3 Å². The summed E-state index contributed by atoms with van der Waals surface area (Å²) in [4.78, 5) is 21.5. The highest BCUT2D eigenvalue weighted by Gasteiger charge is 2.30. The van der Waals surface area contributed by atoms with E-state index >= 15 is 0 Å². The van der Waals surface area contributed by atoms with Gasteiger partial charge in [0, 0.05) is 73.5 Å². The van der Waals surface area contributed by atoms with E-state index in [1.165, 1.54) is 6.07 Å². The number of nitrogens with zero attached hydrogens (tertiary/aromatic N) is 3. The molecule has 0 amide bonds. The summed E-state index contributed by atoms with van der Waals surface area (Å²) in [5.41, 5.74) is 4.04. The zero-order valence-corrected chi connectivity index (χ0v) is 25.9. The van der Waals surface area contributed by atoms with Gasteiger partial charge < -0.3 is 19.5 Å². The van der Waals surface area contributed by atoms with E-state index in [9.17, 15) is 14.3 Å². The molecule has 1 aliphatic heterocycles. The van der Waals surface area contributed by atoms with Crippen LogP contribution in [0.15, 0.2) is 54.6 Å². The maximum Gasteiger partial charge on any atom is 0.213 e.